The molecule has 0 aliphatic rings. The second-order valence-electron chi connectivity index (χ2n) is 6.06. The highest BCUT2D eigenvalue weighted by Gasteiger charge is 2.14. The average molecular weight is 452 g/mol. The van der Waals surface area contributed by atoms with Crippen molar-refractivity contribution in [2.45, 2.75) is 32.2 Å². The van der Waals surface area contributed by atoms with Crippen LogP contribution in [0.5, 0.6) is 5.75 Å². The fourth-order valence-electron chi connectivity index (χ4n) is 2.47. The average Bonchev–Trinajstić information content (AvgIpc) is 3.10. The summed E-state index contributed by atoms with van der Waals surface area (Å²) < 4.78 is 7.72. The van der Waals surface area contributed by atoms with Crippen molar-refractivity contribution in [2.24, 2.45) is 0 Å². The summed E-state index contributed by atoms with van der Waals surface area (Å²) in [5.41, 5.74) is 1.05. The van der Waals surface area contributed by atoms with E-state index in [4.69, 9.17) is 27.9 Å². The van der Waals surface area contributed by atoms with Gasteiger partial charge in [0.25, 0.3) is 0 Å². The highest BCUT2D eigenvalue weighted by molar-refractivity contribution is 7.99. The Morgan fingerprint density at radius 2 is 2.07 bits per heavy atom. The van der Waals surface area contributed by atoms with E-state index in [0.717, 1.165) is 5.56 Å². The minimum atomic E-state index is -0.195. The van der Waals surface area contributed by atoms with E-state index in [0.29, 0.717) is 39.1 Å². The van der Waals surface area contributed by atoms with Crippen LogP contribution in [0.3, 0.4) is 0 Å². The zero-order valence-electron chi connectivity index (χ0n) is 15.9. The Morgan fingerprint density at radius 1 is 1.24 bits per heavy atom. The molecule has 1 N–H and O–H groups in total. The van der Waals surface area contributed by atoms with Crippen LogP contribution in [0.25, 0.3) is 0 Å². The first-order valence-electron chi connectivity index (χ1n) is 8.81. The molecule has 3 aromatic rings. The van der Waals surface area contributed by atoms with Crippen LogP contribution in [-0.2, 0) is 17.9 Å². The SMILES string of the molecule is CCn1c(COc2cc(C)ccc2Cl)nnc1SCC(=O)Nc1ccc(Cl)cn1. The van der Waals surface area contributed by atoms with Gasteiger partial charge in [0.15, 0.2) is 11.0 Å². The summed E-state index contributed by atoms with van der Waals surface area (Å²) in [5, 5.41) is 12.8. The largest absolute Gasteiger partial charge is 0.484 e. The number of halogens is 2. The Morgan fingerprint density at radius 3 is 2.79 bits per heavy atom. The van der Waals surface area contributed by atoms with Gasteiger partial charge in [-0.05, 0) is 43.7 Å². The van der Waals surface area contributed by atoms with Crippen LogP contribution in [0.1, 0.15) is 18.3 Å². The lowest BCUT2D eigenvalue weighted by molar-refractivity contribution is -0.113. The molecule has 0 saturated heterocycles. The molecule has 0 atom stereocenters. The third-order valence-corrected chi connectivity index (χ3v) is 5.38. The van der Waals surface area contributed by atoms with Gasteiger partial charge in [0, 0.05) is 12.7 Å². The van der Waals surface area contributed by atoms with Crippen molar-refractivity contribution in [1.82, 2.24) is 19.7 Å². The zero-order chi connectivity index (χ0) is 20.8. The fourth-order valence-corrected chi connectivity index (χ4v) is 3.58. The lowest BCUT2D eigenvalue weighted by Crippen LogP contribution is -2.15. The third kappa shape index (κ3) is 5.85. The highest BCUT2D eigenvalue weighted by Crippen LogP contribution is 2.26. The van der Waals surface area contributed by atoms with Crippen molar-refractivity contribution in [2.75, 3.05) is 11.1 Å². The van der Waals surface area contributed by atoms with Crippen LogP contribution in [-0.4, -0.2) is 31.4 Å². The number of rotatable bonds is 8. The summed E-state index contributed by atoms with van der Waals surface area (Å²) in [6.07, 6.45) is 1.48. The molecule has 1 amide bonds. The maximum absolute atomic E-state index is 12.2. The number of aromatic nitrogens is 4. The van der Waals surface area contributed by atoms with E-state index in [9.17, 15) is 4.79 Å². The second-order valence-corrected chi connectivity index (χ2v) is 7.85. The molecule has 0 aliphatic heterocycles. The number of ether oxygens (including phenoxy) is 1. The van der Waals surface area contributed by atoms with Gasteiger partial charge < -0.3 is 14.6 Å². The molecule has 29 heavy (non-hydrogen) atoms. The van der Waals surface area contributed by atoms with Gasteiger partial charge in [-0.3, -0.25) is 4.79 Å². The molecule has 7 nitrogen and oxygen atoms in total. The van der Waals surface area contributed by atoms with Crippen LogP contribution < -0.4 is 10.1 Å². The number of hydrogen-bond acceptors (Lipinski definition) is 6. The summed E-state index contributed by atoms with van der Waals surface area (Å²) >= 11 is 13.3. The monoisotopic (exact) mass is 451 g/mol. The standard InChI is InChI=1S/C19H19Cl2N5O2S/c1-3-26-17(10-28-15-8-12(2)4-6-14(15)21)24-25-19(26)29-11-18(27)23-16-7-5-13(20)9-22-16/h4-9H,3,10-11H2,1-2H3,(H,22,23,27). The summed E-state index contributed by atoms with van der Waals surface area (Å²) in [5.74, 6) is 1.68. The Balaban J connectivity index is 1.59. The molecule has 0 saturated carbocycles. The topological polar surface area (TPSA) is 81.9 Å². The van der Waals surface area contributed by atoms with Gasteiger partial charge in [0.2, 0.25) is 5.91 Å². The summed E-state index contributed by atoms with van der Waals surface area (Å²) in [4.78, 5) is 16.2. The van der Waals surface area contributed by atoms with Gasteiger partial charge in [-0.25, -0.2) is 4.98 Å². The molecule has 0 aliphatic carbocycles. The molecule has 2 heterocycles. The lowest BCUT2D eigenvalue weighted by atomic mass is 10.2. The van der Waals surface area contributed by atoms with Crippen molar-refractivity contribution in [3.8, 4) is 5.75 Å². The summed E-state index contributed by atoms with van der Waals surface area (Å²) in [6.45, 7) is 4.83. The molecule has 0 bridgehead atoms. The molecule has 0 unspecified atom stereocenters. The molecule has 152 valence electrons. The van der Waals surface area contributed by atoms with Gasteiger partial charge in [0.05, 0.1) is 15.8 Å². The van der Waals surface area contributed by atoms with Gasteiger partial charge in [-0.1, -0.05) is 41.0 Å². The quantitative estimate of drug-likeness (QED) is 0.503. The molecular formula is C19H19Cl2N5O2S. The minimum absolute atomic E-state index is 0.174. The highest BCUT2D eigenvalue weighted by atomic mass is 35.5. The first-order chi connectivity index (χ1) is 14.0. The van der Waals surface area contributed by atoms with Gasteiger partial charge in [-0.15, -0.1) is 10.2 Å². The predicted octanol–water partition coefficient (Wildman–Crippen LogP) is 4.62. The number of anilines is 1. The number of aryl methyl sites for hydroxylation is 1. The normalized spacial score (nSPS) is 10.8. The van der Waals surface area contributed by atoms with Crippen LogP contribution in [0, 0.1) is 6.92 Å². The van der Waals surface area contributed by atoms with E-state index in [1.54, 1.807) is 18.2 Å². The van der Waals surface area contributed by atoms with E-state index in [1.807, 2.05) is 30.5 Å². The molecule has 0 radical (unpaired) electrons. The maximum Gasteiger partial charge on any atom is 0.236 e. The van der Waals surface area contributed by atoms with Crippen LogP contribution >= 0.6 is 35.0 Å². The molecule has 1 aromatic carbocycles. The lowest BCUT2D eigenvalue weighted by Gasteiger charge is -2.10. The first kappa shape index (κ1) is 21.4. The van der Waals surface area contributed by atoms with E-state index >= 15 is 0 Å². The molecule has 3 rings (SSSR count). The number of benzene rings is 1. The smallest absolute Gasteiger partial charge is 0.236 e. The molecule has 10 heteroatoms. The van der Waals surface area contributed by atoms with E-state index in [2.05, 4.69) is 20.5 Å². The van der Waals surface area contributed by atoms with Crippen LogP contribution in [0.4, 0.5) is 5.82 Å². The molecular weight excluding hydrogens is 433 g/mol. The number of pyridine rings is 1. The number of hydrogen-bond donors (Lipinski definition) is 1. The van der Waals surface area contributed by atoms with Gasteiger partial charge >= 0.3 is 0 Å². The number of nitrogens with one attached hydrogen (secondary N) is 1. The van der Waals surface area contributed by atoms with E-state index in [-0.39, 0.29) is 18.3 Å². The zero-order valence-corrected chi connectivity index (χ0v) is 18.2. The first-order valence-corrected chi connectivity index (χ1v) is 10.6. The predicted molar refractivity (Wildman–Crippen MR) is 115 cm³/mol. The second kappa shape index (κ2) is 9.96. The number of thioether (sulfide) groups is 1. The fraction of sp³-hybridized carbons (Fsp3) is 0.263. The number of nitrogens with zero attached hydrogens (tertiary/aromatic N) is 4. The number of carbonyl (C=O) groups is 1. The van der Waals surface area contributed by atoms with Gasteiger partial charge in [-0.2, -0.15) is 0 Å². The molecule has 0 fully saturated rings. The summed E-state index contributed by atoms with van der Waals surface area (Å²) in [7, 11) is 0. The van der Waals surface area contributed by atoms with Crippen LogP contribution in [0.2, 0.25) is 10.0 Å². The number of carbonyl (C=O) groups excluding carboxylic acids is 1. The minimum Gasteiger partial charge on any atom is -0.484 e. The third-order valence-electron chi connectivity index (χ3n) is 3.88. The maximum atomic E-state index is 12.2. The van der Waals surface area contributed by atoms with Crippen molar-refractivity contribution in [3.63, 3.8) is 0 Å². The van der Waals surface area contributed by atoms with Crippen LogP contribution in [0.15, 0.2) is 41.7 Å². The van der Waals surface area contributed by atoms with E-state index in [1.165, 1.54) is 18.0 Å². The Bertz CT molecular complexity index is 995. The Labute approximate surface area is 182 Å². The van der Waals surface area contributed by atoms with E-state index < -0.39 is 0 Å². The van der Waals surface area contributed by atoms with Crippen molar-refractivity contribution >= 4 is 46.7 Å². The molecule has 0 spiro atoms. The van der Waals surface area contributed by atoms with Crippen molar-refractivity contribution in [3.05, 3.63) is 58.0 Å². The van der Waals surface area contributed by atoms with Crippen molar-refractivity contribution in [1.29, 1.82) is 0 Å². The Kier molecular flexibility index (Phi) is 7.35. The Hall–Kier alpha value is -2.29. The number of amides is 1. The molecule has 2 aromatic heterocycles. The summed E-state index contributed by atoms with van der Waals surface area (Å²) in [6, 6.07) is 8.90. The van der Waals surface area contributed by atoms with Crippen molar-refractivity contribution < 1.29 is 9.53 Å². The van der Waals surface area contributed by atoms with Gasteiger partial charge in [0.1, 0.15) is 18.2 Å².